The first kappa shape index (κ1) is 12.8. The lowest BCUT2D eigenvalue weighted by molar-refractivity contribution is -0.384. The summed E-state index contributed by atoms with van der Waals surface area (Å²) in [5.41, 5.74) is -0.0311. The van der Waals surface area contributed by atoms with E-state index in [-0.39, 0.29) is 17.8 Å². The number of aliphatic hydroxyl groups is 1. The number of non-ortho nitro benzene ring substituents is 1. The monoisotopic (exact) mass is 252 g/mol. The predicted octanol–water partition coefficient (Wildman–Crippen LogP) is 1.09. The van der Waals surface area contributed by atoms with Crippen molar-refractivity contribution in [1.29, 1.82) is 0 Å². The quantitative estimate of drug-likeness (QED) is 0.431. The number of benzene rings is 1. The van der Waals surface area contributed by atoms with Crippen molar-refractivity contribution in [1.82, 2.24) is 5.32 Å². The number of hydrogen-bond donors (Lipinski definition) is 2. The number of aliphatic hydroxyl groups excluding tert-OH is 1. The number of nitrogens with one attached hydrogen (secondary N) is 1. The first-order chi connectivity index (χ1) is 8.65. The molecule has 6 nitrogen and oxygen atoms in total. The molecule has 2 N–H and O–H groups in total. The predicted molar refractivity (Wildman–Crippen MR) is 65.6 cm³/mol. The lowest BCUT2D eigenvalue weighted by atomic mass is 10.3. The van der Waals surface area contributed by atoms with Crippen molar-refractivity contribution in [2.24, 2.45) is 0 Å². The van der Waals surface area contributed by atoms with E-state index in [4.69, 9.17) is 9.84 Å². The maximum absolute atomic E-state index is 10.5. The van der Waals surface area contributed by atoms with Gasteiger partial charge in [0, 0.05) is 24.2 Å². The van der Waals surface area contributed by atoms with Crippen molar-refractivity contribution >= 4 is 5.69 Å². The number of nitro benzene ring substituents is 1. The molecule has 0 aliphatic heterocycles. The van der Waals surface area contributed by atoms with Gasteiger partial charge in [0.25, 0.3) is 5.69 Å². The largest absolute Gasteiger partial charge is 0.492 e. The van der Waals surface area contributed by atoms with Gasteiger partial charge in [-0.3, -0.25) is 10.1 Å². The van der Waals surface area contributed by atoms with Crippen LogP contribution in [-0.4, -0.2) is 35.3 Å². The Morgan fingerprint density at radius 3 is 2.56 bits per heavy atom. The van der Waals surface area contributed by atoms with Gasteiger partial charge in [-0.2, -0.15) is 0 Å². The van der Waals surface area contributed by atoms with Crippen molar-refractivity contribution in [2.75, 3.05) is 19.8 Å². The summed E-state index contributed by atoms with van der Waals surface area (Å²) in [6.45, 7) is 1.28. The molecule has 0 heterocycles. The first-order valence-corrected chi connectivity index (χ1v) is 5.88. The summed E-state index contributed by atoms with van der Waals surface area (Å²) in [4.78, 5) is 10.0. The Hall–Kier alpha value is -1.66. The Balaban J connectivity index is 1.71. The van der Waals surface area contributed by atoms with E-state index in [0.717, 1.165) is 12.8 Å². The summed E-state index contributed by atoms with van der Waals surface area (Å²) in [7, 11) is 0. The Labute approximate surface area is 105 Å². The Kier molecular flexibility index (Phi) is 3.78. The minimum atomic E-state index is -0.441. The van der Waals surface area contributed by atoms with Gasteiger partial charge in [-0.15, -0.1) is 0 Å². The van der Waals surface area contributed by atoms with Crippen LogP contribution < -0.4 is 10.1 Å². The van der Waals surface area contributed by atoms with Crippen LogP contribution in [-0.2, 0) is 0 Å². The van der Waals surface area contributed by atoms with E-state index in [2.05, 4.69) is 5.32 Å². The highest BCUT2D eigenvalue weighted by Gasteiger charge is 2.41. The number of rotatable bonds is 7. The van der Waals surface area contributed by atoms with Crippen molar-refractivity contribution in [3.8, 4) is 5.75 Å². The second kappa shape index (κ2) is 5.32. The fourth-order valence-corrected chi connectivity index (χ4v) is 1.69. The molecular formula is C12H16N2O4. The molecule has 0 amide bonds. The van der Waals surface area contributed by atoms with Gasteiger partial charge in [-0.1, -0.05) is 0 Å². The van der Waals surface area contributed by atoms with Crippen LogP contribution in [0.5, 0.6) is 5.75 Å². The molecule has 0 radical (unpaired) electrons. The summed E-state index contributed by atoms with van der Waals surface area (Å²) in [5, 5.41) is 22.8. The Morgan fingerprint density at radius 2 is 2.06 bits per heavy atom. The van der Waals surface area contributed by atoms with Gasteiger partial charge in [0.2, 0.25) is 0 Å². The second-order valence-corrected chi connectivity index (χ2v) is 4.46. The molecule has 1 aromatic rings. The lowest BCUT2D eigenvalue weighted by Crippen LogP contribution is -2.37. The molecule has 0 spiro atoms. The van der Waals surface area contributed by atoms with Gasteiger partial charge in [-0.05, 0) is 25.0 Å². The molecule has 1 fully saturated rings. The number of nitro groups is 1. The zero-order valence-corrected chi connectivity index (χ0v) is 9.96. The summed E-state index contributed by atoms with van der Waals surface area (Å²) < 4.78 is 5.44. The van der Waals surface area contributed by atoms with E-state index in [1.807, 2.05) is 0 Å². The highest BCUT2D eigenvalue weighted by Crippen LogP contribution is 2.34. The highest BCUT2D eigenvalue weighted by atomic mass is 16.6. The van der Waals surface area contributed by atoms with Crippen LogP contribution >= 0.6 is 0 Å². The van der Waals surface area contributed by atoms with Crippen molar-refractivity contribution in [3.63, 3.8) is 0 Å². The Morgan fingerprint density at radius 1 is 1.39 bits per heavy atom. The normalized spacial score (nSPS) is 16.3. The zero-order chi connectivity index (χ0) is 13.0. The molecule has 0 saturated heterocycles. The van der Waals surface area contributed by atoms with E-state index in [1.54, 1.807) is 12.1 Å². The minimum absolute atomic E-state index is 0.0534. The van der Waals surface area contributed by atoms with Crippen LogP contribution in [0.3, 0.4) is 0 Å². The van der Waals surface area contributed by atoms with E-state index in [1.165, 1.54) is 12.1 Å². The average Bonchev–Trinajstić information content (AvgIpc) is 3.16. The van der Waals surface area contributed by atoms with Gasteiger partial charge >= 0.3 is 0 Å². The van der Waals surface area contributed by atoms with E-state index in [0.29, 0.717) is 18.9 Å². The third kappa shape index (κ3) is 3.18. The smallest absolute Gasteiger partial charge is 0.269 e. The van der Waals surface area contributed by atoms with Crippen LogP contribution in [0.2, 0.25) is 0 Å². The molecule has 1 aliphatic rings. The van der Waals surface area contributed by atoms with Gasteiger partial charge in [-0.25, -0.2) is 0 Å². The van der Waals surface area contributed by atoms with Crippen LogP contribution in [0.1, 0.15) is 12.8 Å². The summed E-state index contributed by atoms with van der Waals surface area (Å²) in [6.07, 6.45) is 2.00. The Bertz CT molecular complexity index is 415. The molecule has 1 saturated carbocycles. The maximum atomic E-state index is 10.5. The summed E-state index contributed by atoms with van der Waals surface area (Å²) in [6, 6.07) is 5.99. The van der Waals surface area contributed by atoms with Crippen LogP contribution in [0, 0.1) is 10.1 Å². The molecule has 0 aromatic heterocycles. The number of hydrogen-bond acceptors (Lipinski definition) is 5. The molecule has 6 heteroatoms. The fourth-order valence-electron chi connectivity index (χ4n) is 1.69. The number of nitrogens with zero attached hydrogens (tertiary/aromatic N) is 1. The van der Waals surface area contributed by atoms with Crippen LogP contribution in [0.15, 0.2) is 24.3 Å². The van der Waals surface area contributed by atoms with E-state index >= 15 is 0 Å². The number of ether oxygens (including phenoxy) is 1. The molecule has 18 heavy (non-hydrogen) atoms. The average molecular weight is 252 g/mol. The van der Waals surface area contributed by atoms with Crippen molar-refractivity contribution in [2.45, 2.75) is 18.4 Å². The van der Waals surface area contributed by atoms with Gasteiger partial charge in [0.05, 0.1) is 11.5 Å². The molecule has 98 valence electrons. The molecule has 0 unspecified atom stereocenters. The SMILES string of the molecule is O=[N+]([O-])c1ccc(OCCNC2(CO)CC2)cc1. The van der Waals surface area contributed by atoms with Gasteiger partial charge < -0.3 is 15.2 Å². The third-order valence-corrected chi connectivity index (χ3v) is 3.07. The standard InChI is InChI=1S/C12H16N2O4/c15-9-12(5-6-12)13-7-8-18-11-3-1-10(2-4-11)14(16)17/h1-4,13,15H,5-9H2. The van der Waals surface area contributed by atoms with Crippen LogP contribution in [0.4, 0.5) is 5.69 Å². The fraction of sp³-hybridized carbons (Fsp3) is 0.500. The van der Waals surface area contributed by atoms with Gasteiger partial charge in [0.1, 0.15) is 12.4 Å². The topological polar surface area (TPSA) is 84.6 Å². The second-order valence-electron chi connectivity index (χ2n) is 4.46. The van der Waals surface area contributed by atoms with Crippen LogP contribution in [0.25, 0.3) is 0 Å². The molecule has 0 atom stereocenters. The van der Waals surface area contributed by atoms with Crippen molar-refractivity contribution in [3.05, 3.63) is 34.4 Å². The summed E-state index contributed by atoms with van der Waals surface area (Å²) >= 11 is 0. The molecule has 2 rings (SSSR count). The highest BCUT2D eigenvalue weighted by molar-refractivity contribution is 5.35. The minimum Gasteiger partial charge on any atom is -0.492 e. The molecule has 1 aliphatic carbocycles. The zero-order valence-electron chi connectivity index (χ0n) is 9.96. The van der Waals surface area contributed by atoms with E-state index < -0.39 is 4.92 Å². The molecule has 1 aromatic carbocycles. The summed E-state index contributed by atoms with van der Waals surface area (Å²) in [5.74, 6) is 0.608. The van der Waals surface area contributed by atoms with E-state index in [9.17, 15) is 10.1 Å². The maximum Gasteiger partial charge on any atom is 0.269 e. The third-order valence-electron chi connectivity index (χ3n) is 3.07. The lowest BCUT2D eigenvalue weighted by Gasteiger charge is -2.14. The molecular weight excluding hydrogens is 236 g/mol. The van der Waals surface area contributed by atoms with Crippen molar-refractivity contribution < 1.29 is 14.8 Å². The van der Waals surface area contributed by atoms with Gasteiger partial charge in [0.15, 0.2) is 0 Å². The molecule has 0 bridgehead atoms. The first-order valence-electron chi connectivity index (χ1n) is 5.88.